The molecule has 2 aromatic rings. The third kappa shape index (κ3) is 4.65. The molecule has 2 aromatic carbocycles. The number of methoxy groups -OCH3 is 5. The normalized spacial score (nSPS) is 10.8. The molecule has 0 fully saturated rings. The monoisotopic (exact) mass is 425 g/mol. The first-order valence-electron chi connectivity index (χ1n) is 8.36. The lowest BCUT2D eigenvalue weighted by molar-refractivity contribution is -0.138. The molecule has 0 aliphatic heterocycles. The van der Waals surface area contributed by atoms with Crippen LogP contribution in [-0.4, -0.2) is 56.5 Å². The lowest BCUT2D eigenvalue weighted by Crippen LogP contribution is -2.36. The third-order valence-electron chi connectivity index (χ3n) is 4.10. The number of anilines is 1. The number of nitrogens with zero attached hydrogens (tertiary/aromatic N) is 1. The summed E-state index contributed by atoms with van der Waals surface area (Å²) >= 11 is 0. The summed E-state index contributed by atoms with van der Waals surface area (Å²) in [4.78, 5) is 11.9. The van der Waals surface area contributed by atoms with E-state index in [1.54, 1.807) is 6.07 Å². The minimum atomic E-state index is -4.19. The first-order valence-corrected chi connectivity index (χ1v) is 9.80. The Labute approximate surface area is 169 Å². The Bertz CT molecular complexity index is 974. The summed E-state index contributed by atoms with van der Waals surface area (Å²) in [5.74, 6) is 0.526. The minimum absolute atomic E-state index is 0.100. The summed E-state index contributed by atoms with van der Waals surface area (Å²) in [6.07, 6.45) is 0. The van der Waals surface area contributed by atoms with E-state index in [2.05, 4.69) is 4.74 Å². The van der Waals surface area contributed by atoms with Crippen LogP contribution in [0.15, 0.2) is 41.3 Å². The Morgan fingerprint density at radius 1 is 0.828 bits per heavy atom. The van der Waals surface area contributed by atoms with Gasteiger partial charge in [0.15, 0.2) is 11.5 Å². The minimum Gasteiger partial charge on any atom is -0.497 e. The van der Waals surface area contributed by atoms with E-state index in [1.807, 2.05) is 0 Å². The molecule has 0 aliphatic carbocycles. The number of carbonyl (C=O) groups is 1. The maximum atomic E-state index is 13.4. The van der Waals surface area contributed by atoms with Crippen LogP contribution in [0.4, 0.5) is 5.69 Å². The number of benzene rings is 2. The number of carbonyl (C=O) groups excluding carboxylic acids is 1. The molecule has 0 aromatic heterocycles. The van der Waals surface area contributed by atoms with Crippen molar-refractivity contribution in [1.29, 1.82) is 0 Å². The van der Waals surface area contributed by atoms with Crippen molar-refractivity contribution in [3.63, 3.8) is 0 Å². The smallest absolute Gasteiger partial charge is 0.326 e. The third-order valence-corrected chi connectivity index (χ3v) is 5.85. The molecule has 158 valence electrons. The summed E-state index contributed by atoms with van der Waals surface area (Å²) < 4.78 is 53.2. The zero-order valence-corrected chi connectivity index (χ0v) is 17.6. The fraction of sp³-hybridized carbons (Fsp3) is 0.316. The summed E-state index contributed by atoms with van der Waals surface area (Å²) in [6.45, 7) is -0.560. The van der Waals surface area contributed by atoms with Crippen molar-refractivity contribution in [2.75, 3.05) is 46.4 Å². The van der Waals surface area contributed by atoms with Crippen molar-refractivity contribution >= 4 is 21.7 Å². The van der Waals surface area contributed by atoms with Crippen molar-refractivity contribution in [2.45, 2.75) is 4.90 Å². The summed E-state index contributed by atoms with van der Waals surface area (Å²) in [5, 5.41) is 0. The number of sulfonamides is 1. The molecule has 0 radical (unpaired) electrons. The zero-order chi connectivity index (χ0) is 21.6. The highest BCUT2D eigenvalue weighted by Crippen LogP contribution is 2.37. The van der Waals surface area contributed by atoms with Crippen molar-refractivity contribution in [3.05, 3.63) is 36.4 Å². The lowest BCUT2D eigenvalue weighted by atomic mass is 10.2. The van der Waals surface area contributed by atoms with Crippen molar-refractivity contribution in [3.8, 4) is 23.0 Å². The van der Waals surface area contributed by atoms with Crippen LogP contribution in [0, 0.1) is 0 Å². The Morgan fingerprint density at radius 2 is 1.48 bits per heavy atom. The summed E-state index contributed by atoms with van der Waals surface area (Å²) in [6, 6.07) is 8.70. The van der Waals surface area contributed by atoms with Gasteiger partial charge in [0.2, 0.25) is 0 Å². The molecule has 0 N–H and O–H groups in total. The van der Waals surface area contributed by atoms with Crippen LogP contribution in [0.3, 0.4) is 0 Å². The maximum absolute atomic E-state index is 13.4. The molecule has 0 spiro atoms. The molecule has 2 rings (SSSR count). The molecule has 0 amide bonds. The van der Waals surface area contributed by atoms with Crippen LogP contribution in [0.1, 0.15) is 0 Å². The molecule has 0 saturated heterocycles. The molecule has 29 heavy (non-hydrogen) atoms. The lowest BCUT2D eigenvalue weighted by Gasteiger charge is -2.25. The highest BCUT2D eigenvalue weighted by molar-refractivity contribution is 7.92. The number of rotatable bonds is 9. The molecule has 9 nitrogen and oxygen atoms in total. The van der Waals surface area contributed by atoms with Crippen LogP contribution >= 0.6 is 0 Å². The van der Waals surface area contributed by atoms with Crippen LogP contribution in [0.25, 0.3) is 0 Å². The van der Waals surface area contributed by atoms with E-state index in [0.717, 1.165) is 4.31 Å². The fourth-order valence-corrected chi connectivity index (χ4v) is 4.01. The predicted molar refractivity (Wildman–Crippen MR) is 106 cm³/mol. The molecule has 0 heterocycles. The van der Waals surface area contributed by atoms with Gasteiger partial charge in [-0.3, -0.25) is 9.10 Å². The second-order valence-electron chi connectivity index (χ2n) is 5.64. The number of ether oxygens (including phenoxy) is 5. The van der Waals surface area contributed by atoms with Crippen LogP contribution in [-0.2, 0) is 19.6 Å². The molecular weight excluding hydrogens is 402 g/mol. The van der Waals surface area contributed by atoms with Gasteiger partial charge in [0.25, 0.3) is 10.0 Å². The standard InChI is InChI=1S/C19H23NO8S/c1-24-13-6-8-15(17(10-13)26-3)20(12-19(21)28-5)29(22,23)14-7-9-16(25-2)18(11-14)27-4/h6-11H,12H2,1-5H3. The van der Waals surface area contributed by atoms with Crippen molar-refractivity contribution < 1.29 is 36.9 Å². The molecule has 0 unspecified atom stereocenters. The van der Waals surface area contributed by atoms with Crippen LogP contribution < -0.4 is 23.3 Å². The largest absolute Gasteiger partial charge is 0.497 e. The topological polar surface area (TPSA) is 101 Å². The Hall–Kier alpha value is -3.14. The Morgan fingerprint density at radius 3 is 2.03 bits per heavy atom. The molecular formula is C19H23NO8S. The van der Waals surface area contributed by atoms with Crippen LogP contribution in [0.2, 0.25) is 0 Å². The van der Waals surface area contributed by atoms with Gasteiger partial charge in [-0.05, 0) is 24.3 Å². The SMILES string of the molecule is COC(=O)CN(c1ccc(OC)cc1OC)S(=O)(=O)c1ccc(OC)c(OC)c1. The molecule has 0 aliphatic rings. The first-order chi connectivity index (χ1) is 13.8. The quantitative estimate of drug-likeness (QED) is 0.563. The predicted octanol–water partition coefficient (Wildman–Crippen LogP) is 2.09. The van der Waals surface area contributed by atoms with Gasteiger partial charge in [-0.1, -0.05) is 0 Å². The highest BCUT2D eigenvalue weighted by Gasteiger charge is 2.31. The first kappa shape index (κ1) is 22.2. The van der Waals surface area contributed by atoms with Gasteiger partial charge >= 0.3 is 5.97 Å². The van der Waals surface area contributed by atoms with Crippen LogP contribution in [0.5, 0.6) is 23.0 Å². The van der Waals surface area contributed by atoms with Gasteiger partial charge in [0, 0.05) is 12.1 Å². The Kier molecular flexibility index (Phi) is 7.16. The van der Waals surface area contributed by atoms with E-state index < -0.39 is 22.5 Å². The van der Waals surface area contributed by atoms with Gasteiger partial charge < -0.3 is 23.7 Å². The van der Waals surface area contributed by atoms with E-state index in [0.29, 0.717) is 11.5 Å². The average molecular weight is 425 g/mol. The number of hydrogen-bond donors (Lipinski definition) is 0. The van der Waals surface area contributed by atoms with Gasteiger partial charge in [-0.15, -0.1) is 0 Å². The van der Waals surface area contributed by atoms with E-state index in [1.165, 1.54) is 65.9 Å². The summed E-state index contributed by atoms with van der Waals surface area (Å²) in [5.41, 5.74) is 0.147. The second kappa shape index (κ2) is 9.37. The van der Waals surface area contributed by atoms with Gasteiger partial charge in [-0.25, -0.2) is 8.42 Å². The van der Waals surface area contributed by atoms with E-state index in [9.17, 15) is 13.2 Å². The van der Waals surface area contributed by atoms with E-state index in [4.69, 9.17) is 18.9 Å². The molecule has 0 bridgehead atoms. The number of esters is 1. The van der Waals surface area contributed by atoms with E-state index >= 15 is 0 Å². The van der Waals surface area contributed by atoms with Crippen molar-refractivity contribution in [2.24, 2.45) is 0 Å². The molecule has 10 heteroatoms. The Balaban J connectivity index is 2.65. The zero-order valence-electron chi connectivity index (χ0n) is 16.8. The fourth-order valence-electron chi connectivity index (χ4n) is 2.58. The highest BCUT2D eigenvalue weighted by atomic mass is 32.2. The van der Waals surface area contributed by atoms with Gasteiger partial charge in [-0.2, -0.15) is 0 Å². The van der Waals surface area contributed by atoms with Gasteiger partial charge in [0.1, 0.15) is 18.0 Å². The molecule has 0 atom stereocenters. The maximum Gasteiger partial charge on any atom is 0.326 e. The van der Waals surface area contributed by atoms with Gasteiger partial charge in [0.05, 0.1) is 46.1 Å². The van der Waals surface area contributed by atoms with E-state index in [-0.39, 0.29) is 22.1 Å². The average Bonchev–Trinajstić information content (AvgIpc) is 2.75. The summed E-state index contributed by atoms with van der Waals surface area (Å²) in [7, 11) is 2.68. The second-order valence-corrected chi connectivity index (χ2v) is 7.50. The van der Waals surface area contributed by atoms with Crippen molar-refractivity contribution in [1.82, 2.24) is 0 Å². The number of hydrogen-bond acceptors (Lipinski definition) is 8. The molecule has 0 saturated carbocycles.